The molecule has 102 valence electrons. The van der Waals surface area contributed by atoms with Crippen LogP contribution in [0.25, 0.3) is 0 Å². The highest BCUT2D eigenvalue weighted by atomic mass is 16.2. The zero-order valence-corrected chi connectivity index (χ0v) is 10.7. The van der Waals surface area contributed by atoms with Crippen molar-refractivity contribution in [3.8, 4) is 0 Å². The van der Waals surface area contributed by atoms with Gasteiger partial charge in [0.2, 0.25) is 5.91 Å². The van der Waals surface area contributed by atoms with Gasteiger partial charge in [-0.05, 0) is 29.8 Å². The van der Waals surface area contributed by atoms with Crippen molar-refractivity contribution in [2.45, 2.75) is 6.54 Å². The Balaban J connectivity index is 2.06. The molecule has 0 aliphatic rings. The summed E-state index contributed by atoms with van der Waals surface area (Å²) in [5, 5.41) is 2.69. The van der Waals surface area contributed by atoms with E-state index in [0.717, 1.165) is 5.56 Å². The van der Waals surface area contributed by atoms with E-state index in [9.17, 15) is 9.59 Å². The largest absolute Gasteiger partial charge is 0.397 e. The normalized spacial score (nSPS) is 10.0. The number of benzene rings is 1. The number of aromatic nitrogens is 1. The van der Waals surface area contributed by atoms with Crippen molar-refractivity contribution in [1.29, 1.82) is 0 Å². The Morgan fingerprint density at radius 3 is 2.70 bits per heavy atom. The molecule has 2 aromatic rings. The fourth-order valence-electron chi connectivity index (χ4n) is 1.71. The van der Waals surface area contributed by atoms with E-state index in [1.165, 1.54) is 6.20 Å². The van der Waals surface area contributed by atoms with Crippen LogP contribution in [0.1, 0.15) is 26.4 Å². The first-order valence-corrected chi connectivity index (χ1v) is 5.95. The van der Waals surface area contributed by atoms with Gasteiger partial charge in [0.25, 0.3) is 5.91 Å². The van der Waals surface area contributed by atoms with Gasteiger partial charge in [-0.2, -0.15) is 0 Å². The molecule has 0 unspecified atom stereocenters. The number of primary amides is 1. The van der Waals surface area contributed by atoms with Gasteiger partial charge in [-0.15, -0.1) is 0 Å². The lowest BCUT2D eigenvalue weighted by atomic mass is 10.1. The van der Waals surface area contributed by atoms with Crippen LogP contribution in [0.5, 0.6) is 0 Å². The number of nitrogen functional groups attached to an aromatic ring is 1. The van der Waals surface area contributed by atoms with E-state index < -0.39 is 5.91 Å². The van der Waals surface area contributed by atoms with Crippen LogP contribution in [-0.2, 0) is 6.54 Å². The van der Waals surface area contributed by atoms with Gasteiger partial charge in [-0.25, -0.2) is 4.98 Å². The minimum atomic E-state index is -0.507. The predicted octanol–water partition coefficient (Wildman–Crippen LogP) is 0.693. The Kier molecular flexibility index (Phi) is 3.95. The zero-order chi connectivity index (χ0) is 14.5. The quantitative estimate of drug-likeness (QED) is 0.759. The number of amides is 2. The fraction of sp³-hybridized carbons (Fsp3) is 0.0714. The lowest BCUT2D eigenvalue weighted by Gasteiger charge is -2.07. The summed E-state index contributed by atoms with van der Waals surface area (Å²) in [4.78, 5) is 26.9. The molecule has 6 nitrogen and oxygen atoms in total. The van der Waals surface area contributed by atoms with E-state index in [-0.39, 0.29) is 18.1 Å². The first kappa shape index (κ1) is 13.5. The maximum absolute atomic E-state index is 11.9. The second kappa shape index (κ2) is 5.83. The standard InChI is InChI=1S/C14H14N4O2/c15-11-5-2-6-17-12(11)14(20)18-8-9-3-1-4-10(7-9)13(16)19/h1-7H,8,15H2,(H2,16,19)(H,18,20). The highest BCUT2D eigenvalue weighted by Gasteiger charge is 2.10. The van der Waals surface area contributed by atoms with Gasteiger partial charge in [-0.3, -0.25) is 9.59 Å². The molecule has 2 amide bonds. The molecule has 1 heterocycles. The summed E-state index contributed by atoms with van der Waals surface area (Å²) in [5.41, 5.74) is 12.5. The SMILES string of the molecule is NC(=O)c1cccc(CNC(=O)c2ncccc2N)c1. The average molecular weight is 270 g/mol. The predicted molar refractivity (Wildman–Crippen MR) is 74.8 cm³/mol. The maximum atomic E-state index is 11.9. The van der Waals surface area contributed by atoms with Gasteiger partial charge in [0.15, 0.2) is 5.69 Å². The van der Waals surface area contributed by atoms with Gasteiger partial charge in [0.1, 0.15) is 0 Å². The third-order valence-electron chi connectivity index (χ3n) is 2.72. The van der Waals surface area contributed by atoms with Gasteiger partial charge in [0.05, 0.1) is 5.69 Å². The molecule has 0 saturated heterocycles. The Morgan fingerprint density at radius 1 is 1.20 bits per heavy atom. The number of nitrogens with one attached hydrogen (secondary N) is 1. The summed E-state index contributed by atoms with van der Waals surface area (Å²) < 4.78 is 0. The van der Waals surface area contributed by atoms with Crippen LogP contribution in [0.15, 0.2) is 42.6 Å². The monoisotopic (exact) mass is 270 g/mol. The summed E-state index contributed by atoms with van der Waals surface area (Å²) in [6.45, 7) is 0.260. The Hall–Kier alpha value is -2.89. The van der Waals surface area contributed by atoms with Crippen LogP contribution in [0.4, 0.5) is 5.69 Å². The van der Waals surface area contributed by atoms with Crippen molar-refractivity contribution in [3.63, 3.8) is 0 Å². The summed E-state index contributed by atoms with van der Waals surface area (Å²) in [5.74, 6) is -0.875. The molecule has 0 fully saturated rings. The smallest absolute Gasteiger partial charge is 0.272 e. The van der Waals surface area contributed by atoms with Crippen molar-refractivity contribution >= 4 is 17.5 Å². The molecular formula is C14H14N4O2. The minimum Gasteiger partial charge on any atom is -0.397 e. The van der Waals surface area contributed by atoms with Gasteiger partial charge < -0.3 is 16.8 Å². The molecule has 0 bridgehead atoms. The Labute approximate surface area is 115 Å². The molecule has 0 radical (unpaired) electrons. The van der Waals surface area contributed by atoms with Crippen LogP contribution < -0.4 is 16.8 Å². The van der Waals surface area contributed by atoms with Crippen molar-refractivity contribution in [2.75, 3.05) is 5.73 Å². The highest BCUT2D eigenvalue weighted by Crippen LogP contribution is 2.08. The molecule has 6 heteroatoms. The molecule has 0 aliphatic carbocycles. The van der Waals surface area contributed by atoms with Crippen molar-refractivity contribution in [2.24, 2.45) is 5.73 Å². The number of nitrogens with two attached hydrogens (primary N) is 2. The van der Waals surface area contributed by atoms with Crippen LogP contribution >= 0.6 is 0 Å². The van der Waals surface area contributed by atoms with E-state index in [0.29, 0.717) is 11.3 Å². The molecule has 0 aliphatic heterocycles. The van der Waals surface area contributed by atoms with Crippen molar-refractivity contribution in [1.82, 2.24) is 10.3 Å². The van der Waals surface area contributed by atoms with Crippen LogP contribution in [0, 0.1) is 0 Å². The topological polar surface area (TPSA) is 111 Å². The number of carbonyl (C=O) groups excluding carboxylic acids is 2. The number of nitrogens with zero attached hydrogens (tertiary/aromatic N) is 1. The van der Waals surface area contributed by atoms with Crippen molar-refractivity contribution < 1.29 is 9.59 Å². The van der Waals surface area contributed by atoms with Gasteiger partial charge >= 0.3 is 0 Å². The molecule has 5 N–H and O–H groups in total. The first-order chi connectivity index (χ1) is 9.58. The lowest BCUT2D eigenvalue weighted by Crippen LogP contribution is -2.25. The van der Waals surface area contributed by atoms with Crippen molar-refractivity contribution in [3.05, 3.63) is 59.4 Å². The molecule has 1 aromatic carbocycles. The number of hydrogen-bond donors (Lipinski definition) is 3. The number of anilines is 1. The minimum absolute atomic E-state index is 0.179. The zero-order valence-electron chi connectivity index (χ0n) is 10.7. The third kappa shape index (κ3) is 3.11. The Morgan fingerprint density at radius 2 is 2.00 bits per heavy atom. The number of rotatable bonds is 4. The second-order valence-electron chi connectivity index (χ2n) is 4.19. The highest BCUT2D eigenvalue weighted by molar-refractivity contribution is 5.97. The summed E-state index contributed by atoms with van der Waals surface area (Å²) in [6, 6.07) is 10.00. The first-order valence-electron chi connectivity index (χ1n) is 5.95. The van der Waals surface area contributed by atoms with E-state index in [1.807, 2.05) is 0 Å². The summed E-state index contributed by atoms with van der Waals surface area (Å²) in [6.07, 6.45) is 1.50. The fourth-order valence-corrected chi connectivity index (χ4v) is 1.71. The third-order valence-corrected chi connectivity index (χ3v) is 2.72. The van der Waals surface area contributed by atoms with E-state index in [1.54, 1.807) is 36.4 Å². The van der Waals surface area contributed by atoms with Crippen LogP contribution in [0.3, 0.4) is 0 Å². The van der Waals surface area contributed by atoms with Crippen LogP contribution in [0.2, 0.25) is 0 Å². The molecular weight excluding hydrogens is 256 g/mol. The van der Waals surface area contributed by atoms with E-state index in [2.05, 4.69) is 10.3 Å². The molecule has 20 heavy (non-hydrogen) atoms. The average Bonchev–Trinajstić information content (AvgIpc) is 2.45. The maximum Gasteiger partial charge on any atom is 0.272 e. The Bertz CT molecular complexity index is 655. The molecule has 0 spiro atoms. The van der Waals surface area contributed by atoms with Crippen LogP contribution in [-0.4, -0.2) is 16.8 Å². The molecule has 0 saturated carbocycles. The van der Waals surface area contributed by atoms with Gasteiger partial charge in [0, 0.05) is 18.3 Å². The lowest BCUT2D eigenvalue weighted by molar-refractivity contribution is 0.0946. The number of pyridine rings is 1. The second-order valence-corrected chi connectivity index (χ2v) is 4.19. The number of carbonyl (C=O) groups is 2. The van der Waals surface area contributed by atoms with E-state index >= 15 is 0 Å². The van der Waals surface area contributed by atoms with E-state index in [4.69, 9.17) is 11.5 Å². The summed E-state index contributed by atoms with van der Waals surface area (Å²) in [7, 11) is 0. The summed E-state index contributed by atoms with van der Waals surface area (Å²) >= 11 is 0. The number of hydrogen-bond acceptors (Lipinski definition) is 4. The molecule has 2 rings (SSSR count). The molecule has 1 aromatic heterocycles. The molecule has 0 atom stereocenters. The van der Waals surface area contributed by atoms with Gasteiger partial charge in [-0.1, -0.05) is 12.1 Å².